The Balaban J connectivity index is 1.40. The number of rotatable bonds is 5. The van der Waals surface area contributed by atoms with Gasteiger partial charge in [-0.25, -0.2) is 9.78 Å². The van der Waals surface area contributed by atoms with Gasteiger partial charge in [0, 0.05) is 38.1 Å². The van der Waals surface area contributed by atoms with Gasteiger partial charge in [-0.2, -0.15) is 4.98 Å². The van der Waals surface area contributed by atoms with E-state index in [2.05, 4.69) is 19.8 Å². The van der Waals surface area contributed by atoms with Crippen molar-refractivity contribution in [2.75, 3.05) is 44.2 Å². The van der Waals surface area contributed by atoms with Crippen LogP contribution in [-0.4, -0.2) is 70.5 Å². The SMILES string of the molecule is O=c1oc2nc(N3CCN(CC(O)CO)CC3)ccc2cc1-c1nc2c(Cl)cccc2s1. The molecule has 0 amide bonds. The van der Waals surface area contributed by atoms with Crippen molar-refractivity contribution >= 4 is 50.1 Å². The first-order valence-electron chi connectivity index (χ1n) is 10.3. The summed E-state index contributed by atoms with van der Waals surface area (Å²) in [6, 6.07) is 11.1. The van der Waals surface area contributed by atoms with Gasteiger partial charge >= 0.3 is 5.63 Å². The summed E-state index contributed by atoms with van der Waals surface area (Å²) < 4.78 is 6.47. The Kier molecular flexibility index (Phi) is 5.83. The van der Waals surface area contributed by atoms with Crippen LogP contribution >= 0.6 is 22.9 Å². The molecule has 0 radical (unpaired) electrons. The first-order valence-corrected chi connectivity index (χ1v) is 11.5. The molecule has 0 bridgehead atoms. The molecule has 1 aromatic carbocycles. The van der Waals surface area contributed by atoms with E-state index in [9.17, 15) is 9.90 Å². The minimum Gasteiger partial charge on any atom is -0.403 e. The van der Waals surface area contributed by atoms with Crippen LogP contribution in [0.2, 0.25) is 5.02 Å². The molecule has 4 aromatic rings. The quantitative estimate of drug-likeness (QED) is 0.457. The van der Waals surface area contributed by atoms with E-state index in [1.807, 2.05) is 24.3 Å². The highest BCUT2D eigenvalue weighted by molar-refractivity contribution is 7.21. The van der Waals surface area contributed by atoms with E-state index in [0.717, 1.165) is 42.1 Å². The number of hydrogen-bond acceptors (Lipinski definition) is 9. The number of piperazine rings is 1. The van der Waals surface area contributed by atoms with Crippen molar-refractivity contribution in [1.82, 2.24) is 14.9 Å². The number of aromatic nitrogens is 2. The second-order valence-corrected chi connectivity index (χ2v) is 9.18. The number of aliphatic hydroxyl groups excluding tert-OH is 2. The number of thiazole rings is 1. The number of benzene rings is 1. The van der Waals surface area contributed by atoms with Crippen LogP contribution in [-0.2, 0) is 0 Å². The fraction of sp³-hybridized carbons (Fsp3) is 0.318. The molecule has 166 valence electrons. The van der Waals surface area contributed by atoms with Gasteiger partial charge in [0.05, 0.1) is 28.0 Å². The lowest BCUT2D eigenvalue weighted by molar-refractivity contribution is 0.0574. The standard InChI is InChI=1S/C22H21ClN4O4S/c23-16-2-1-3-17-19(16)25-21(32-17)15-10-13-4-5-18(24-20(13)31-22(15)30)27-8-6-26(7-9-27)11-14(29)12-28/h1-5,10,14,28-29H,6-9,11-12H2. The van der Waals surface area contributed by atoms with E-state index in [1.54, 1.807) is 12.1 Å². The molecule has 32 heavy (non-hydrogen) atoms. The van der Waals surface area contributed by atoms with Crippen LogP contribution in [0, 0.1) is 0 Å². The maximum Gasteiger partial charge on any atom is 0.347 e. The molecule has 4 heterocycles. The van der Waals surface area contributed by atoms with Crippen molar-refractivity contribution in [2.24, 2.45) is 0 Å². The molecule has 5 rings (SSSR count). The highest BCUT2D eigenvalue weighted by Crippen LogP contribution is 2.33. The molecule has 3 aromatic heterocycles. The number of fused-ring (bicyclic) bond motifs is 2. The number of aliphatic hydroxyl groups is 2. The van der Waals surface area contributed by atoms with Gasteiger partial charge in [0.1, 0.15) is 16.3 Å². The van der Waals surface area contributed by atoms with Crippen molar-refractivity contribution in [2.45, 2.75) is 6.10 Å². The molecule has 1 aliphatic rings. The second-order valence-electron chi connectivity index (χ2n) is 7.74. The minimum atomic E-state index is -0.727. The van der Waals surface area contributed by atoms with Crippen molar-refractivity contribution in [1.29, 1.82) is 0 Å². The number of β-amino-alcohol motifs (C(OH)–C–C–N with tert-alkyl or cyclic N) is 1. The zero-order valence-electron chi connectivity index (χ0n) is 17.1. The topological polar surface area (TPSA) is 103 Å². The van der Waals surface area contributed by atoms with Gasteiger partial charge < -0.3 is 19.5 Å². The molecular weight excluding hydrogens is 452 g/mol. The van der Waals surface area contributed by atoms with Gasteiger partial charge in [0.15, 0.2) is 0 Å². The Morgan fingerprint density at radius 2 is 1.97 bits per heavy atom. The second kappa shape index (κ2) is 8.76. The van der Waals surface area contributed by atoms with E-state index < -0.39 is 11.7 Å². The molecule has 2 N–H and O–H groups in total. The first kappa shape index (κ1) is 21.3. The van der Waals surface area contributed by atoms with Gasteiger partial charge in [-0.05, 0) is 30.3 Å². The van der Waals surface area contributed by atoms with Crippen molar-refractivity contribution in [3.05, 3.63) is 51.8 Å². The third-order valence-electron chi connectivity index (χ3n) is 5.56. The van der Waals surface area contributed by atoms with Crippen LogP contribution < -0.4 is 10.5 Å². The monoisotopic (exact) mass is 472 g/mol. The molecule has 0 aliphatic carbocycles. The van der Waals surface area contributed by atoms with Crippen LogP contribution in [0.4, 0.5) is 5.82 Å². The van der Waals surface area contributed by atoms with E-state index >= 15 is 0 Å². The van der Waals surface area contributed by atoms with Gasteiger partial charge in [0.25, 0.3) is 0 Å². The van der Waals surface area contributed by atoms with Crippen molar-refractivity contribution in [3.63, 3.8) is 0 Å². The maximum absolute atomic E-state index is 12.7. The van der Waals surface area contributed by atoms with Gasteiger partial charge in [0.2, 0.25) is 5.71 Å². The third-order valence-corrected chi connectivity index (χ3v) is 6.92. The Morgan fingerprint density at radius 1 is 1.16 bits per heavy atom. The fourth-order valence-corrected chi connectivity index (χ4v) is 5.13. The number of anilines is 1. The molecule has 1 atom stereocenters. The molecule has 0 spiro atoms. The maximum atomic E-state index is 12.7. The Morgan fingerprint density at radius 3 is 2.72 bits per heavy atom. The van der Waals surface area contributed by atoms with Crippen molar-refractivity contribution < 1.29 is 14.6 Å². The Labute approximate surface area is 192 Å². The summed E-state index contributed by atoms with van der Waals surface area (Å²) in [5.41, 5.74) is 0.863. The summed E-state index contributed by atoms with van der Waals surface area (Å²) in [6.07, 6.45) is -0.727. The molecule has 1 aliphatic heterocycles. The number of hydrogen-bond donors (Lipinski definition) is 2. The zero-order chi connectivity index (χ0) is 22.2. The highest BCUT2D eigenvalue weighted by Gasteiger charge is 2.21. The average molecular weight is 473 g/mol. The van der Waals surface area contributed by atoms with Crippen LogP contribution in [0.15, 0.2) is 45.6 Å². The smallest absolute Gasteiger partial charge is 0.347 e. The zero-order valence-corrected chi connectivity index (χ0v) is 18.6. The summed E-state index contributed by atoms with van der Waals surface area (Å²) >= 11 is 7.62. The third kappa shape index (κ3) is 4.10. The summed E-state index contributed by atoms with van der Waals surface area (Å²) in [4.78, 5) is 26.0. The van der Waals surface area contributed by atoms with E-state index in [1.165, 1.54) is 11.3 Å². The number of pyridine rings is 1. The highest BCUT2D eigenvalue weighted by atomic mass is 35.5. The summed E-state index contributed by atoms with van der Waals surface area (Å²) in [7, 11) is 0. The van der Waals surface area contributed by atoms with E-state index in [0.29, 0.717) is 27.7 Å². The Bertz CT molecular complexity index is 1330. The molecule has 0 saturated carbocycles. The lowest BCUT2D eigenvalue weighted by Crippen LogP contribution is -2.49. The molecule has 1 fully saturated rings. The molecule has 8 nitrogen and oxygen atoms in total. The average Bonchev–Trinajstić information content (AvgIpc) is 3.24. The van der Waals surface area contributed by atoms with Crippen LogP contribution in [0.25, 0.3) is 31.9 Å². The summed E-state index contributed by atoms with van der Waals surface area (Å²) in [6.45, 7) is 3.16. The minimum absolute atomic E-state index is 0.239. The first-order chi connectivity index (χ1) is 15.5. The molecule has 10 heteroatoms. The molecular formula is C22H21ClN4O4S. The number of para-hydroxylation sites is 1. The largest absolute Gasteiger partial charge is 0.403 e. The summed E-state index contributed by atoms with van der Waals surface area (Å²) in [5, 5.41) is 20.5. The van der Waals surface area contributed by atoms with Gasteiger partial charge in [-0.15, -0.1) is 11.3 Å². The number of halogens is 1. The predicted octanol–water partition coefficient (Wildman–Crippen LogP) is 2.59. The van der Waals surface area contributed by atoms with Crippen molar-refractivity contribution in [3.8, 4) is 10.6 Å². The number of nitrogens with zero attached hydrogens (tertiary/aromatic N) is 4. The molecule has 1 saturated heterocycles. The lowest BCUT2D eigenvalue weighted by Gasteiger charge is -2.36. The van der Waals surface area contributed by atoms with Crippen LogP contribution in [0.3, 0.4) is 0 Å². The molecule has 1 unspecified atom stereocenters. The van der Waals surface area contributed by atoms with Gasteiger partial charge in [-0.3, -0.25) is 4.90 Å². The fourth-order valence-electron chi connectivity index (χ4n) is 3.86. The summed E-state index contributed by atoms with van der Waals surface area (Å²) in [5.74, 6) is 0.738. The Hall–Kier alpha value is -2.56. The normalized spacial score (nSPS) is 16.2. The van der Waals surface area contributed by atoms with E-state index in [4.69, 9.17) is 21.1 Å². The lowest BCUT2D eigenvalue weighted by atomic mass is 10.2. The van der Waals surface area contributed by atoms with Gasteiger partial charge in [-0.1, -0.05) is 17.7 Å². The van der Waals surface area contributed by atoms with E-state index in [-0.39, 0.29) is 12.3 Å². The predicted molar refractivity (Wildman–Crippen MR) is 126 cm³/mol. The van der Waals surface area contributed by atoms with Crippen LogP contribution in [0.5, 0.6) is 0 Å². The van der Waals surface area contributed by atoms with Crippen LogP contribution in [0.1, 0.15) is 0 Å².